The van der Waals surface area contributed by atoms with Crippen LogP contribution in [0.25, 0.3) is 5.76 Å². The summed E-state index contributed by atoms with van der Waals surface area (Å²) in [7, 11) is 2.97. The minimum Gasteiger partial charge on any atom is -0.507 e. The Balaban J connectivity index is 2.16. The third-order valence-electron chi connectivity index (χ3n) is 4.64. The molecule has 0 aliphatic carbocycles. The molecule has 1 aliphatic rings. The zero-order valence-electron chi connectivity index (χ0n) is 15.5. The van der Waals surface area contributed by atoms with Gasteiger partial charge in [0.1, 0.15) is 17.3 Å². The third-order valence-corrected chi connectivity index (χ3v) is 4.64. The molecule has 1 amide bonds. The molecule has 6 nitrogen and oxygen atoms in total. The summed E-state index contributed by atoms with van der Waals surface area (Å²) in [5.74, 6) is -2.03. The van der Waals surface area contributed by atoms with E-state index in [-0.39, 0.29) is 30.0 Å². The number of likely N-dealkylation sites (tertiary alicyclic amines) is 1. The zero-order chi connectivity index (χ0) is 20.3. The molecule has 2 aromatic rings. The maximum atomic E-state index is 14.5. The molecule has 1 atom stereocenters. The highest BCUT2D eigenvalue weighted by molar-refractivity contribution is 6.46. The number of aliphatic hydroxyl groups excluding tert-OH is 1. The number of carbonyl (C=O) groups is 2. The van der Waals surface area contributed by atoms with Crippen LogP contribution in [0.3, 0.4) is 0 Å². The van der Waals surface area contributed by atoms with Gasteiger partial charge in [0.25, 0.3) is 11.7 Å². The monoisotopic (exact) mass is 385 g/mol. The van der Waals surface area contributed by atoms with Gasteiger partial charge in [0.2, 0.25) is 0 Å². The van der Waals surface area contributed by atoms with Gasteiger partial charge in [-0.1, -0.05) is 18.2 Å². The number of Topliss-reactive ketones (excluding diaryl/α,β-unsaturated/α-hetero) is 1. The number of ether oxygens (including phenoxy) is 2. The highest BCUT2D eigenvalue weighted by Gasteiger charge is 2.46. The fourth-order valence-electron chi connectivity index (χ4n) is 3.22. The topological polar surface area (TPSA) is 76.1 Å². The summed E-state index contributed by atoms with van der Waals surface area (Å²) < 4.78 is 24.6. The molecule has 146 valence electrons. The number of hydrogen-bond acceptors (Lipinski definition) is 5. The average molecular weight is 385 g/mol. The van der Waals surface area contributed by atoms with Gasteiger partial charge in [0.15, 0.2) is 0 Å². The zero-order valence-corrected chi connectivity index (χ0v) is 15.5. The predicted octanol–water partition coefficient (Wildman–Crippen LogP) is 2.90. The van der Waals surface area contributed by atoms with Crippen LogP contribution in [0.2, 0.25) is 0 Å². The van der Waals surface area contributed by atoms with E-state index < -0.39 is 23.5 Å². The Labute approximate surface area is 161 Å². The van der Waals surface area contributed by atoms with Gasteiger partial charge in [0, 0.05) is 24.8 Å². The van der Waals surface area contributed by atoms with Crippen molar-refractivity contribution in [2.24, 2.45) is 0 Å². The van der Waals surface area contributed by atoms with E-state index in [9.17, 15) is 19.1 Å². The Morgan fingerprint density at radius 1 is 1.11 bits per heavy atom. The first-order valence-electron chi connectivity index (χ1n) is 8.65. The van der Waals surface area contributed by atoms with Crippen molar-refractivity contribution in [2.75, 3.05) is 27.4 Å². The Kier molecular flexibility index (Phi) is 5.75. The maximum absolute atomic E-state index is 14.5. The second-order valence-electron chi connectivity index (χ2n) is 6.24. The molecule has 3 rings (SSSR count). The summed E-state index contributed by atoms with van der Waals surface area (Å²) in [5.41, 5.74) is 0.302. The largest absolute Gasteiger partial charge is 0.507 e. The van der Waals surface area contributed by atoms with E-state index in [2.05, 4.69) is 0 Å². The van der Waals surface area contributed by atoms with Crippen LogP contribution in [-0.2, 0) is 14.3 Å². The van der Waals surface area contributed by atoms with Gasteiger partial charge in [-0.15, -0.1) is 0 Å². The van der Waals surface area contributed by atoms with E-state index in [0.717, 1.165) is 0 Å². The first kappa shape index (κ1) is 19.6. The summed E-state index contributed by atoms with van der Waals surface area (Å²) in [6.45, 7) is 0.250. The van der Waals surface area contributed by atoms with E-state index in [0.29, 0.717) is 11.3 Å². The van der Waals surface area contributed by atoms with E-state index in [1.54, 1.807) is 30.3 Å². The van der Waals surface area contributed by atoms with Crippen molar-refractivity contribution in [3.05, 3.63) is 71.0 Å². The van der Waals surface area contributed by atoms with Crippen molar-refractivity contribution in [1.29, 1.82) is 0 Å². The molecule has 0 saturated carbocycles. The van der Waals surface area contributed by atoms with E-state index in [4.69, 9.17) is 9.47 Å². The molecule has 28 heavy (non-hydrogen) atoms. The van der Waals surface area contributed by atoms with Crippen molar-refractivity contribution in [1.82, 2.24) is 4.90 Å². The predicted molar refractivity (Wildman–Crippen MR) is 100 cm³/mol. The number of hydrogen-bond donors (Lipinski definition) is 1. The summed E-state index contributed by atoms with van der Waals surface area (Å²) in [5, 5.41) is 10.8. The molecule has 0 unspecified atom stereocenters. The number of benzene rings is 2. The summed E-state index contributed by atoms with van der Waals surface area (Å²) in [4.78, 5) is 26.5. The SMILES string of the molecule is COCCN1C(=O)C(=O)C(=C(O)c2ccc(OC)cc2)[C@@H]1c1ccccc1F. The molecule has 0 aromatic heterocycles. The minimum absolute atomic E-state index is 0.0828. The van der Waals surface area contributed by atoms with Gasteiger partial charge in [0.05, 0.1) is 25.3 Å². The molecule has 0 spiro atoms. The molecule has 1 heterocycles. The highest BCUT2D eigenvalue weighted by Crippen LogP contribution is 2.40. The van der Waals surface area contributed by atoms with Gasteiger partial charge >= 0.3 is 0 Å². The van der Waals surface area contributed by atoms with Crippen molar-refractivity contribution < 1.29 is 28.6 Å². The maximum Gasteiger partial charge on any atom is 0.295 e. The Hall–Kier alpha value is -3.19. The Bertz CT molecular complexity index is 923. The molecular weight excluding hydrogens is 365 g/mol. The fraction of sp³-hybridized carbons (Fsp3) is 0.238. The molecule has 1 fully saturated rings. The van der Waals surface area contributed by atoms with E-state index in [1.165, 1.54) is 37.3 Å². The number of carbonyl (C=O) groups excluding carboxylic acids is 2. The molecular formula is C21H20FNO5. The van der Waals surface area contributed by atoms with Crippen molar-refractivity contribution >= 4 is 17.4 Å². The number of aliphatic hydroxyl groups is 1. The summed E-state index contributed by atoms with van der Waals surface area (Å²) >= 11 is 0. The average Bonchev–Trinajstić information content (AvgIpc) is 2.96. The molecule has 0 radical (unpaired) electrons. The van der Waals surface area contributed by atoms with Crippen LogP contribution in [0.1, 0.15) is 17.2 Å². The standard InChI is InChI=1S/C21H20FNO5/c1-27-12-11-23-18(15-5-3-4-6-16(15)22)17(20(25)21(23)26)19(24)13-7-9-14(28-2)10-8-13/h3-10,18,24H,11-12H2,1-2H3/t18-/m0/s1. The highest BCUT2D eigenvalue weighted by atomic mass is 19.1. The number of rotatable bonds is 6. The second kappa shape index (κ2) is 8.22. The van der Waals surface area contributed by atoms with Crippen LogP contribution >= 0.6 is 0 Å². The van der Waals surface area contributed by atoms with Gasteiger partial charge in [-0.05, 0) is 30.3 Å². The van der Waals surface area contributed by atoms with Crippen LogP contribution in [0.4, 0.5) is 4.39 Å². The molecule has 2 aromatic carbocycles. The third kappa shape index (κ3) is 3.48. The number of methoxy groups -OCH3 is 2. The normalized spacial score (nSPS) is 18.5. The molecule has 1 N–H and O–H groups in total. The quantitative estimate of drug-likeness (QED) is 0.470. The molecule has 7 heteroatoms. The van der Waals surface area contributed by atoms with Gasteiger partial charge in [-0.25, -0.2) is 4.39 Å². The van der Waals surface area contributed by atoms with Gasteiger partial charge in [-0.2, -0.15) is 0 Å². The van der Waals surface area contributed by atoms with Crippen molar-refractivity contribution in [3.8, 4) is 5.75 Å². The number of ketones is 1. The molecule has 0 bridgehead atoms. The summed E-state index contributed by atoms with van der Waals surface area (Å²) in [6, 6.07) is 11.2. The molecule has 1 saturated heterocycles. The number of halogens is 1. The van der Waals surface area contributed by atoms with Gasteiger partial charge in [-0.3, -0.25) is 9.59 Å². The number of amides is 1. The summed E-state index contributed by atoms with van der Waals surface area (Å²) in [6.07, 6.45) is 0. The van der Waals surface area contributed by atoms with E-state index in [1.807, 2.05) is 0 Å². The van der Waals surface area contributed by atoms with Crippen LogP contribution in [-0.4, -0.2) is 49.1 Å². The lowest BCUT2D eigenvalue weighted by molar-refractivity contribution is -0.140. The lowest BCUT2D eigenvalue weighted by atomic mass is 9.95. The lowest BCUT2D eigenvalue weighted by Crippen LogP contribution is -2.33. The van der Waals surface area contributed by atoms with Crippen molar-refractivity contribution in [2.45, 2.75) is 6.04 Å². The minimum atomic E-state index is -1.04. The van der Waals surface area contributed by atoms with E-state index >= 15 is 0 Å². The smallest absolute Gasteiger partial charge is 0.295 e. The first-order valence-corrected chi connectivity index (χ1v) is 8.65. The van der Waals surface area contributed by atoms with Crippen LogP contribution in [0.5, 0.6) is 5.75 Å². The van der Waals surface area contributed by atoms with Crippen LogP contribution in [0, 0.1) is 5.82 Å². The Morgan fingerprint density at radius 3 is 2.39 bits per heavy atom. The Morgan fingerprint density at radius 2 is 1.79 bits per heavy atom. The fourth-order valence-corrected chi connectivity index (χ4v) is 3.22. The molecule has 1 aliphatic heterocycles. The number of nitrogens with zero attached hydrogens (tertiary/aromatic N) is 1. The van der Waals surface area contributed by atoms with Gasteiger partial charge < -0.3 is 19.5 Å². The second-order valence-corrected chi connectivity index (χ2v) is 6.24. The first-order chi connectivity index (χ1) is 13.5. The lowest BCUT2D eigenvalue weighted by Gasteiger charge is -2.25. The van der Waals surface area contributed by atoms with Crippen LogP contribution in [0.15, 0.2) is 54.1 Å². The van der Waals surface area contributed by atoms with Crippen LogP contribution < -0.4 is 4.74 Å². The van der Waals surface area contributed by atoms with Crippen molar-refractivity contribution in [3.63, 3.8) is 0 Å².